The second kappa shape index (κ2) is 4.74. The Labute approximate surface area is 94.0 Å². The molecule has 5 heteroatoms. The second-order valence-corrected chi connectivity index (χ2v) is 3.49. The number of aromatic hydroxyl groups is 1. The number of ether oxygens (including phenoxy) is 1. The van der Waals surface area contributed by atoms with E-state index in [2.05, 4.69) is 0 Å². The van der Waals surface area contributed by atoms with E-state index in [1.54, 1.807) is 6.07 Å². The van der Waals surface area contributed by atoms with Gasteiger partial charge in [-0.2, -0.15) is 0 Å². The van der Waals surface area contributed by atoms with Crippen LogP contribution < -0.4 is 16.2 Å². The number of methoxy groups -OCH3 is 1. The molecule has 88 valence electrons. The molecule has 0 aliphatic heterocycles. The van der Waals surface area contributed by atoms with Crippen LogP contribution >= 0.6 is 0 Å². The fourth-order valence-corrected chi connectivity index (χ4v) is 1.59. The zero-order valence-corrected chi connectivity index (χ0v) is 9.41. The van der Waals surface area contributed by atoms with Gasteiger partial charge < -0.3 is 21.3 Å². The molecule has 1 aromatic rings. The minimum absolute atomic E-state index is 0.0669. The summed E-state index contributed by atoms with van der Waals surface area (Å²) in [6, 6.07) is 1.63. The van der Waals surface area contributed by atoms with Gasteiger partial charge in [0.15, 0.2) is 0 Å². The summed E-state index contributed by atoms with van der Waals surface area (Å²) in [6.45, 7) is 1.96. The quantitative estimate of drug-likeness (QED) is 0.665. The number of carbonyl (C=O) groups excluding carboxylic acids is 1. The van der Waals surface area contributed by atoms with Gasteiger partial charge in [-0.05, 0) is 18.1 Å². The number of nitrogen functional groups attached to an aromatic ring is 1. The summed E-state index contributed by atoms with van der Waals surface area (Å²) in [4.78, 5) is 11.2. The van der Waals surface area contributed by atoms with Crippen LogP contribution in [0.2, 0.25) is 0 Å². The SMILES string of the molecule is CCCc1cc(OC)c(N)c(C(N)=O)c1O. The van der Waals surface area contributed by atoms with E-state index in [1.807, 2.05) is 6.92 Å². The van der Waals surface area contributed by atoms with E-state index in [0.717, 1.165) is 6.42 Å². The number of primary amides is 1. The Balaban J connectivity index is 3.45. The number of phenols is 1. The molecule has 0 radical (unpaired) electrons. The van der Waals surface area contributed by atoms with Crippen LogP contribution in [0.3, 0.4) is 0 Å². The normalized spacial score (nSPS) is 10.1. The smallest absolute Gasteiger partial charge is 0.254 e. The molecule has 0 fully saturated rings. The lowest BCUT2D eigenvalue weighted by Gasteiger charge is -2.13. The fourth-order valence-electron chi connectivity index (χ4n) is 1.59. The Morgan fingerprint density at radius 2 is 2.19 bits per heavy atom. The average Bonchev–Trinajstić information content (AvgIpc) is 2.22. The van der Waals surface area contributed by atoms with Crippen molar-refractivity contribution >= 4 is 11.6 Å². The highest BCUT2D eigenvalue weighted by atomic mass is 16.5. The molecule has 0 saturated carbocycles. The molecule has 0 unspecified atom stereocenters. The Bertz CT molecular complexity index is 416. The van der Waals surface area contributed by atoms with Crippen LogP contribution in [0.1, 0.15) is 29.3 Å². The van der Waals surface area contributed by atoms with Crippen molar-refractivity contribution in [2.45, 2.75) is 19.8 Å². The summed E-state index contributed by atoms with van der Waals surface area (Å²) in [5.74, 6) is -0.547. The molecule has 0 bridgehead atoms. The topological polar surface area (TPSA) is 98.6 Å². The van der Waals surface area contributed by atoms with Crippen LogP contribution in [0, 0.1) is 0 Å². The maximum Gasteiger partial charge on any atom is 0.254 e. The summed E-state index contributed by atoms with van der Waals surface area (Å²) in [7, 11) is 1.45. The van der Waals surface area contributed by atoms with Crippen molar-refractivity contribution in [1.82, 2.24) is 0 Å². The predicted octanol–water partition coefficient (Wildman–Crippen LogP) is 1.03. The Kier molecular flexibility index (Phi) is 3.60. The minimum Gasteiger partial charge on any atom is -0.507 e. The van der Waals surface area contributed by atoms with E-state index in [4.69, 9.17) is 16.2 Å². The maximum absolute atomic E-state index is 11.2. The van der Waals surface area contributed by atoms with Gasteiger partial charge in [0.2, 0.25) is 0 Å². The number of benzene rings is 1. The summed E-state index contributed by atoms with van der Waals surface area (Å²) >= 11 is 0. The molecular formula is C11H16N2O3. The molecule has 16 heavy (non-hydrogen) atoms. The van der Waals surface area contributed by atoms with Gasteiger partial charge in [-0.15, -0.1) is 0 Å². The third kappa shape index (κ3) is 2.03. The number of nitrogens with two attached hydrogens (primary N) is 2. The number of rotatable bonds is 4. The lowest BCUT2D eigenvalue weighted by atomic mass is 10.0. The number of hydrogen-bond donors (Lipinski definition) is 3. The highest BCUT2D eigenvalue weighted by Gasteiger charge is 2.19. The number of carbonyl (C=O) groups is 1. The molecule has 0 spiro atoms. The Morgan fingerprint density at radius 1 is 1.56 bits per heavy atom. The maximum atomic E-state index is 11.2. The van der Waals surface area contributed by atoms with Crippen molar-refractivity contribution in [3.8, 4) is 11.5 Å². The van der Waals surface area contributed by atoms with Crippen molar-refractivity contribution in [1.29, 1.82) is 0 Å². The number of hydrogen-bond acceptors (Lipinski definition) is 4. The molecule has 1 amide bonds. The van der Waals surface area contributed by atoms with Crippen LogP contribution in [0.4, 0.5) is 5.69 Å². The van der Waals surface area contributed by atoms with Gasteiger partial charge in [0.1, 0.15) is 17.1 Å². The largest absolute Gasteiger partial charge is 0.507 e. The Hall–Kier alpha value is -1.91. The minimum atomic E-state index is -0.758. The zero-order valence-electron chi connectivity index (χ0n) is 9.41. The first-order valence-corrected chi connectivity index (χ1v) is 5.01. The first kappa shape index (κ1) is 12.2. The summed E-state index contributed by atoms with van der Waals surface area (Å²) < 4.78 is 5.03. The van der Waals surface area contributed by atoms with Gasteiger partial charge in [-0.25, -0.2) is 0 Å². The first-order valence-electron chi connectivity index (χ1n) is 5.01. The molecule has 1 rings (SSSR count). The van der Waals surface area contributed by atoms with Crippen molar-refractivity contribution in [3.63, 3.8) is 0 Å². The van der Waals surface area contributed by atoms with E-state index in [-0.39, 0.29) is 17.0 Å². The van der Waals surface area contributed by atoms with E-state index in [1.165, 1.54) is 7.11 Å². The summed E-state index contributed by atoms with van der Waals surface area (Å²) in [5.41, 5.74) is 11.5. The molecular weight excluding hydrogens is 208 g/mol. The van der Waals surface area contributed by atoms with Crippen molar-refractivity contribution in [3.05, 3.63) is 17.2 Å². The van der Waals surface area contributed by atoms with E-state index in [9.17, 15) is 9.90 Å². The van der Waals surface area contributed by atoms with E-state index < -0.39 is 5.91 Å². The molecule has 1 aromatic carbocycles. The molecule has 5 nitrogen and oxygen atoms in total. The molecule has 0 heterocycles. The number of aryl methyl sites for hydroxylation is 1. The molecule has 0 aliphatic carbocycles. The third-order valence-corrected chi connectivity index (χ3v) is 2.37. The van der Waals surface area contributed by atoms with Gasteiger partial charge in [0.25, 0.3) is 5.91 Å². The van der Waals surface area contributed by atoms with Gasteiger partial charge in [0.05, 0.1) is 12.8 Å². The third-order valence-electron chi connectivity index (χ3n) is 2.37. The zero-order chi connectivity index (χ0) is 12.3. The van der Waals surface area contributed by atoms with Crippen molar-refractivity contribution in [2.24, 2.45) is 5.73 Å². The standard InChI is InChI=1S/C11H16N2O3/c1-3-4-6-5-7(16-2)9(12)8(10(6)14)11(13)15/h5,14H,3-4,12H2,1-2H3,(H2,13,15). The summed E-state index contributed by atoms with van der Waals surface area (Å²) in [6.07, 6.45) is 1.46. The van der Waals surface area contributed by atoms with Gasteiger partial charge >= 0.3 is 0 Å². The fraction of sp³-hybridized carbons (Fsp3) is 0.364. The average molecular weight is 224 g/mol. The predicted molar refractivity (Wildman–Crippen MR) is 61.6 cm³/mol. The summed E-state index contributed by atoms with van der Waals surface area (Å²) in [5, 5.41) is 9.85. The van der Waals surface area contributed by atoms with Crippen LogP contribution in [0.25, 0.3) is 0 Å². The van der Waals surface area contributed by atoms with Gasteiger partial charge in [0, 0.05) is 0 Å². The van der Waals surface area contributed by atoms with Gasteiger partial charge in [-0.1, -0.05) is 13.3 Å². The lowest BCUT2D eigenvalue weighted by molar-refractivity contribution is 0.0998. The van der Waals surface area contributed by atoms with Gasteiger partial charge in [-0.3, -0.25) is 4.79 Å². The number of amides is 1. The second-order valence-electron chi connectivity index (χ2n) is 3.49. The number of anilines is 1. The highest BCUT2D eigenvalue weighted by Crippen LogP contribution is 2.36. The Morgan fingerprint density at radius 3 is 2.62 bits per heavy atom. The monoisotopic (exact) mass is 224 g/mol. The first-order chi connectivity index (χ1) is 7.52. The van der Waals surface area contributed by atoms with Crippen LogP contribution in [0.5, 0.6) is 11.5 Å². The van der Waals surface area contributed by atoms with Crippen LogP contribution in [0.15, 0.2) is 6.07 Å². The van der Waals surface area contributed by atoms with E-state index >= 15 is 0 Å². The molecule has 0 saturated heterocycles. The molecule has 0 atom stereocenters. The highest BCUT2D eigenvalue weighted by molar-refractivity contribution is 6.02. The van der Waals surface area contributed by atoms with Crippen molar-refractivity contribution < 1.29 is 14.6 Å². The van der Waals surface area contributed by atoms with E-state index in [0.29, 0.717) is 17.7 Å². The van der Waals surface area contributed by atoms with Crippen molar-refractivity contribution in [2.75, 3.05) is 12.8 Å². The molecule has 0 aliphatic rings. The molecule has 0 aromatic heterocycles. The van der Waals surface area contributed by atoms with Crippen LogP contribution in [-0.2, 0) is 6.42 Å². The lowest BCUT2D eigenvalue weighted by Crippen LogP contribution is -2.15. The molecule has 5 N–H and O–H groups in total. The van der Waals surface area contributed by atoms with Crippen LogP contribution in [-0.4, -0.2) is 18.1 Å².